The van der Waals surface area contributed by atoms with Gasteiger partial charge in [0.2, 0.25) is 0 Å². The second-order valence-corrected chi connectivity index (χ2v) is 4.29. The first kappa shape index (κ1) is 16.0. The van der Waals surface area contributed by atoms with E-state index in [9.17, 15) is 19.7 Å². The first-order valence-corrected chi connectivity index (χ1v) is 6.38. The van der Waals surface area contributed by atoms with Crippen molar-refractivity contribution in [2.24, 2.45) is 0 Å². The van der Waals surface area contributed by atoms with E-state index in [1.165, 1.54) is 48.5 Å². The minimum atomic E-state index is -1.24. The molecule has 0 fully saturated rings. The number of esters is 1. The molecule has 0 aromatic heterocycles. The predicted molar refractivity (Wildman–Crippen MR) is 77.6 cm³/mol. The zero-order valence-corrected chi connectivity index (χ0v) is 11.7. The summed E-state index contributed by atoms with van der Waals surface area (Å²) in [6.45, 7) is -0.598. The van der Waals surface area contributed by atoms with Gasteiger partial charge in [0.05, 0.1) is 4.92 Å². The van der Waals surface area contributed by atoms with Crippen molar-refractivity contribution in [3.63, 3.8) is 0 Å². The maximum absolute atomic E-state index is 11.7. The van der Waals surface area contributed by atoms with Crippen LogP contribution in [0, 0.1) is 10.1 Å². The van der Waals surface area contributed by atoms with E-state index < -0.39 is 23.5 Å². The average Bonchev–Trinajstić information content (AvgIpc) is 2.53. The van der Waals surface area contributed by atoms with E-state index in [0.29, 0.717) is 0 Å². The van der Waals surface area contributed by atoms with Gasteiger partial charge in [-0.25, -0.2) is 9.59 Å². The number of hydrogen-bond donors (Lipinski definition) is 1. The van der Waals surface area contributed by atoms with Crippen molar-refractivity contribution in [1.82, 2.24) is 0 Å². The number of nitro groups is 1. The number of aromatic carboxylic acids is 1. The number of benzene rings is 2. The lowest BCUT2D eigenvalue weighted by atomic mass is 10.2. The van der Waals surface area contributed by atoms with E-state index in [4.69, 9.17) is 14.6 Å². The Morgan fingerprint density at radius 2 is 1.65 bits per heavy atom. The predicted octanol–water partition coefficient (Wildman–Crippen LogP) is 2.28. The number of nitrogens with zero attached hydrogens (tertiary/aromatic N) is 1. The van der Waals surface area contributed by atoms with Crippen LogP contribution >= 0.6 is 0 Å². The van der Waals surface area contributed by atoms with Gasteiger partial charge in [-0.3, -0.25) is 10.1 Å². The van der Waals surface area contributed by atoms with Crippen LogP contribution in [-0.4, -0.2) is 28.6 Å². The Morgan fingerprint density at radius 1 is 1.04 bits per heavy atom. The third kappa shape index (κ3) is 4.03. The molecule has 8 heteroatoms. The van der Waals surface area contributed by atoms with Crippen molar-refractivity contribution in [2.45, 2.75) is 0 Å². The minimum Gasteiger partial charge on any atom is -0.478 e. The van der Waals surface area contributed by atoms with Gasteiger partial charge in [-0.05, 0) is 18.2 Å². The molecule has 0 atom stereocenters. The Hall–Kier alpha value is -3.42. The molecule has 0 aliphatic rings. The minimum absolute atomic E-state index is 0.0824. The van der Waals surface area contributed by atoms with Crippen molar-refractivity contribution in [2.75, 3.05) is 6.61 Å². The van der Waals surface area contributed by atoms with Crippen molar-refractivity contribution in [1.29, 1.82) is 0 Å². The molecule has 2 aromatic rings. The number of rotatable bonds is 6. The van der Waals surface area contributed by atoms with Crippen LogP contribution in [0.2, 0.25) is 0 Å². The van der Waals surface area contributed by atoms with E-state index in [1.54, 1.807) is 0 Å². The van der Waals surface area contributed by atoms with Gasteiger partial charge in [-0.15, -0.1) is 0 Å². The lowest BCUT2D eigenvalue weighted by Crippen LogP contribution is -2.19. The number of carboxylic acids is 1. The lowest BCUT2D eigenvalue weighted by molar-refractivity contribution is -0.385. The van der Waals surface area contributed by atoms with Crippen molar-refractivity contribution in [3.8, 4) is 11.5 Å². The van der Waals surface area contributed by atoms with Crippen LogP contribution < -0.4 is 9.47 Å². The summed E-state index contributed by atoms with van der Waals surface area (Å²) in [5.74, 6) is -2.33. The van der Waals surface area contributed by atoms with Gasteiger partial charge in [0.15, 0.2) is 12.4 Å². The smallest absolute Gasteiger partial charge is 0.349 e. The third-order valence-corrected chi connectivity index (χ3v) is 2.75. The van der Waals surface area contributed by atoms with E-state index >= 15 is 0 Å². The van der Waals surface area contributed by atoms with Crippen LogP contribution in [0.15, 0.2) is 48.5 Å². The van der Waals surface area contributed by atoms with Gasteiger partial charge in [-0.1, -0.05) is 24.3 Å². The summed E-state index contributed by atoms with van der Waals surface area (Å²) < 4.78 is 9.98. The number of hydrogen-bond acceptors (Lipinski definition) is 6. The highest BCUT2D eigenvalue weighted by atomic mass is 16.6. The van der Waals surface area contributed by atoms with Crippen LogP contribution in [0.3, 0.4) is 0 Å². The van der Waals surface area contributed by atoms with E-state index in [1.807, 2.05) is 0 Å². The van der Waals surface area contributed by atoms with Crippen LogP contribution in [0.5, 0.6) is 11.5 Å². The highest BCUT2D eigenvalue weighted by molar-refractivity contribution is 5.92. The SMILES string of the molecule is O=C(COc1ccccc1[N+](=O)[O-])Oc1ccccc1C(=O)O. The Bertz CT molecular complexity index is 757. The Balaban J connectivity index is 2.04. The second kappa shape index (κ2) is 7.03. The molecule has 0 saturated carbocycles. The quantitative estimate of drug-likeness (QED) is 0.376. The molecule has 0 amide bonds. The fraction of sp³-hybridized carbons (Fsp3) is 0.0667. The lowest BCUT2D eigenvalue weighted by Gasteiger charge is -2.08. The molecule has 0 aliphatic heterocycles. The zero-order valence-electron chi connectivity index (χ0n) is 11.7. The van der Waals surface area contributed by atoms with Gasteiger partial charge >= 0.3 is 17.6 Å². The molecule has 0 saturated heterocycles. The molecular formula is C15H11NO7. The molecule has 1 N–H and O–H groups in total. The number of carbonyl (C=O) groups is 2. The molecule has 0 radical (unpaired) electrons. The molecule has 0 unspecified atom stereocenters. The highest BCUT2D eigenvalue weighted by Gasteiger charge is 2.17. The van der Waals surface area contributed by atoms with Crippen LogP contribution in [-0.2, 0) is 4.79 Å². The monoisotopic (exact) mass is 317 g/mol. The molecule has 118 valence electrons. The summed E-state index contributed by atoms with van der Waals surface area (Å²) in [6, 6.07) is 11.2. The van der Waals surface area contributed by atoms with Crippen LogP contribution in [0.1, 0.15) is 10.4 Å². The van der Waals surface area contributed by atoms with E-state index in [-0.39, 0.29) is 22.7 Å². The summed E-state index contributed by atoms with van der Waals surface area (Å²) >= 11 is 0. The molecule has 23 heavy (non-hydrogen) atoms. The van der Waals surface area contributed by atoms with Crippen molar-refractivity contribution in [3.05, 3.63) is 64.2 Å². The Labute approximate surface area is 130 Å². The molecule has 0 spiro atoms. The maximum Gasteiger partial charge on any atom is 0.349 e. The molecule has 0 heterocycles. The van der Waals surface area contributed by atoms with Crippen molar-refractivity contribution < 1.29 is 29.1 Å². The molecule has 0 bridgehead atoms. The zero-order chi connectivity index (χ0) is 16.8. The number of carboxylic acid groups (broad SMARTS) is 1. The molecule has 2 aromatic carbocycles. The van der Waals surface area contributed by atoms with Crippen molar-refractivity contribution >= 4 is 17.6 Å². The largest absolute Gasteiger partial charge is 0.478 e. The summed E-state index contributed by atoms with van der Waals surface area (Å²) in [5.41, 5.74) is -0.460. The van der Waals surface area contributed by atoms with Gasteiger partial charge in [0, 0.05) is 6.07 Å². The molecule has 0 aliphatic carbocycles. The van der Waals surface area contributed by atoms with E-state index in [0.717, 1.165) is 0 Å². The fourth-order valence-electron chi connectivity index (χ4n) is 1.75. The Kier molecular flexibility index (Phi) is 4.88. The summed E-state index contributed by atoms with van der Waals surface area (Å²) in [6.07, 6.45) is 0. The number of ether oxygens (including phenoxy) is 2. The fourth-order valence-corrected chi connectivity index (χ4v) is 1.75. The van der Waals surface area contributed by atoms with Gasteiger partial charge < -0.3 is 14.6 Å². The van der Waals surface area contributed by atoms with Gasteiger partial charge in [-0.2, -0.15) is 0 Å². The highest BCUT2D eigenvalue weighted by Crippen LogP contribution is 2.26. The van der Waals surface area contributed by atoms with E-state index in [2.05, 4.69) is 0 Å². The Morgan fingerprint density at radius 3 is 2.30 bits per heavy atom. The number of para-hydroxylation sites is 3. The topological polar surface area (TPSA) is 116 Å². The number of nitro benzene ring substituents is 1. The maximum atomic E-state index is 11.7. The van der Waals surface area contributed by atoms with Crippen LogP contribution in [0.25, 0.3) is 0 Å². The number of carbonyl (C=O) groups excluding carboxylic acids is 1. The van der Waals surface area contributed by atoms with Crippen LogP contribution in [0.4, 0.5) is 5.69 Å². The average molecular weight is 317 g/mol. The standard InChI is InChI=1S/C15H11NO7/c17-14(23-12-7-3-1-5-10(12)15(18)19)9-22-13-8-4-2-6-11(13)16(20)21/h1-8H,9H2,(H,18,19). The molecular weight excluding hydrogens is 306 g/mol. The third-order valence-electron chi connectivity index (χ3n) is 2.75. The first-order valence-electron chi connectivity index (χ1n) is 6.38. The summed E-state index contributed by atoms with van der Waals surface area (Å²) in [4.78, 5) is 32.9. The summed E-state index contributed by atoms with van der Waals surface area (Å²) in [5, 5.41) is 19.8. The first-order chi connectivity index (χ1) is 11.0. The van der Waals surface area contributed by atoms with Gasteiger partial charge in [0.25, 0.3) is 0 Å². The molecule has 2 rings (SSSR count). The normalized spacial score (nSPS) is 9.91. The second-order valence-electron chi connectivity index (χ2n) is 4.29. The van der Waals surface area contributed by atoms with Gasteiger partial charge in [0.1, 0.15) is 11.3 Å². The summed E-state index contributed by atoms with van der Waals surface area (Å²) in [7, 11) is 0. The molecule has 8 nitrogen and oxygen atoms in total.